The minimum atomic E-state index is -0.386. The lowest BCUT2D eigenvalue weighted by Crippen LogP contribution is -2.59. The molecule has 0 aromatic heterocycles. The molecule has 0 N–H and O–H groups in total. The first-order chi connectivity index (χ1) is 18.1. The van der Waals surface area contributed by atoms with Gasteiger partial charge in [-0.05, 0) is 90.0 Å². The van der Waals surface area contributed by atoms with Crippen molar-refractivity contribution in [1.82, 2.24) is 19.6 Å². The van der Waals surface area contributed by atoms with Crippen LogP contribution in [0, 0.1) is 10.8 Å². The van der Waals surface area contributed by atoms with Gasteiger partial charge in [0.2, 0.25) is 0 Å². The van der Waals surface area contributed by atoms with Gasteiger partial charge in [0.1, 0.15) is 5.60 Å². The van der Waals surface area contributed by atoms with E-state index in [2.05, 4.69) is 59.1 Å². The Balaban J connectivity index is 0.000000236. The molecular formula is C32H58N4O2. The topological polar surface area (TPSA) is 39.3 Å². The number of hydrogen-bond acceptors (Lipinski definition) is 5. The Bertz CT molecular complexity index is 808. The highest BCUT2D eigenvalue weighted by Gasteiger charge is 2.44. The van der Waals surface area contributed by atoms with Gasteiger partial charge in [-0.1, -0.05) is 58.0 Å². The number of rotatable bonds is 2. The van der Waals surface area contributed by atoms with Crippen LogP contribution in [0.5, 0.6) is 0 Å². The van der Waals surface area contributed by atoms with Crippen LogP contribution in [0.25, 0.3) is 0 Å². The summed E-state index contributed by atoms with van der Waals surface area (Å²) in [5, 5.41) is 0. The maximum Gasteiger partial charge on any atom is 0.410 e. The zero-order chi connectivity index (χ0) is 28.4. The van der Waals surface area contributed by atoms with Crippen LogP contribution in [-0.4, -0.2) is 97.7 Å². The summed E-state index contributed by atoms with van der Waals surface area (Å²) in [6.07, 6.45) is 4.88. The molecule has 218 valence electrons. The lowest BCUT2D eigenvalue weighted by Gasteiger charge is -2.52. The third-order valence-corrected chi connectivity index (χ3v) is 8.08. The maximum absolute atomic E-state index is 11.9. The first-order valence-electron chi connectivity index (χ1n) is 15.2. The first-order valence-corrected chi connectivity index (χ1v) is 15.2. The number of carbonyl (C=O) groups excluding carboxylic acids is 1. The van der Waals surface area contributed by atoms with E-state index < -0.39 is 0 Å². The Morgan fingerprint density at radius 3 is 1.76 bits per heavy atom. The van der Waals surface area contributed by atoms with Crippen molar-refractivity contribution in [3.05, 3.63) is 35.9 Å². The van der Waals surface area contributed by atoms with Crippen LogP contribution in [0.15, 0.2) is 30.3 Å². The fraction of sp³-hybridized carbons (Fsp3) is 0.781. The van der Waals surface area contributed by atoms with Crippen LogP contribution in [-0.2, 0) is 11.3 Å². The molecule has 6 nitrogen and oxygen atoms in total. The predicted molar refractivity (Wildman–Crippen MR) is 161 cm³/mol. The van der Waals surface area contributed by atoms with Gasteiger partial charge < -0.3 is 19.4 Å². The van der Waals surface area contributed by atoms with Gasteiger partial charge in [-0.15, -0.1) is 0 Å². The Kier molecular flexibility index (Phi) is 12.6. The highest BCUT2D eigenvalue weighted by atomic mass is 16.6. The second kappa shape index (κ2) is 14.7. The van der Waals surface area contributed by atoms with E-state index in [1.54, 1.807) is 0 Å². The number of hydrogen-bond donors (Lipinski definition) is 0. The van der Waals surface area contributed by atoms with E-state index in [4.69, 9.17) is 4.74 Å². The number of carbonyl (C=O) groups is 1. The number of nitrogens with zero attached hydrogens (tertiary/aromatic N) is 4. The lowest BCUT2D eigenvalue weighted by atomic mass is 9.72. The van der Waals surface area contributed by atoms with Crippen LogP contribution < -0.4 is 0 Å². The summed E-state index contributed by atoms with van der Waals surface area (Å²) in [6.45, 7) is 24.1. The van der Waals surface area contributed by atoms with E-state index in [1.807, 2.05) is 53.4 Å². The first kappa shape index (κ1) is 32.6. The summed E-state index contributed by atoms with van der Waals surface area (Å²) in [6, 6.07) is 10.9. The molecular weight excluding hydrogens is 472 g/mol. The summed E-state index contributed by atoms with van der Waals surface area (Å²) in [5.41, 5.74) is 2.18. The summed E-state index contributed by atoms with van der Waals surface area (Å²) < 4.78 is 5.39. The molecule has 0 bridgehead atoms. The van der Waals surface area contributed by atoms with Gasteiger partial charge in [-0.3, -0.25) is 4.90 Å². The van der Waals surface area contributed by atoms with Gasteiger partial charge in [0, 0.05) is 45.8 Å². The Labute approximate surface area is 234 Å². The van der Waals surface area contributed by atoms with Crippen LogP contribution in [0.1, 0.15) is 79.7 Å². The molecule has 38 heavy (non-hydrogen) atoms. The third kappa shape index (κ3) is 9.53. The monoisotopic (exact) mass is 530 g/mol. The summed E-state index contributed by atoms with van der Waals surface area (Å²) in [7, 11) is 4.42. The molecule has 4 fully saturated rings. The average molecular weight is 531 g/mol. The van der Waals surface area contributed by atoms with Crippen molar-refractivity contribution < 1.29 is 9.53 Å². The van der Waals surface area contributed by atoms with Gasteiger partial charge in [0.25, 0.3) is 0 Å². The summed E-state index contributed by atoms with van der Waals surface area (Å²) >= 11 is 0. The van der Waals surface area contributed by atoms with Gasteiger partial charge in [0.05, 0.1) is 0 Å². The highest BCUT2D eigenvalue weighted by molar-refractivity contribution is 5.68. The molecule has 1 amide bonds. The molecule has 6 heteroatoms. The number of likely N-dealkylation sites (tertiary alicyclic amines) is 4. The molecule has 5 rings (SSSR count). The van der Waals surface area contributed by atoms with Gasteiger partial charge in [-0.25, -0.2) is 4.79 Å². The number of ether oxygens (including phenoxy) is 1. The number of piperidine rings is 1. The molecule has 4 saturated heterocycles. The van der Waals surface area contributed by atoms with Crippen molar-refractivity contribution in [3.8, 4) is 0 Å². The van der Waals surface area contributed by atoms with Crippen molar-refractivity contribution in [2.45, 2.75) is 86.3 Å². The zero-order valence-electron chi connectivity index (χ0n) is 26.2. The van der Waals surface area contributed by atoms with E-state index in [1.165, 1.54) is 57.7 Å². The average Bonchev–Trinajstić information content (AvgIpc) is 3.45. The van der Waals surface area contributed by atoms with Crippen molar-refractivity contribution in [3.63, 3.8) is 0 Å². The van der Waals surface area contributed by atoms with Crippen molar-refractivity contribution in [2.24, 2.45) is 10.8 Å². The standard InChI is InChI=1S/C15H22N2.C13H24N2O2.2C2H6/c1-16-9-7-15(12-16)8-10-17(13-15)11-14-5-3-2-4-6-14;1-12(2,3)17-11(16)15-7-5-13(6-8-15)9-14(4)10-13;2*1-2/h2-6H,7-13H2,1H3;5-10H2,1-4H3;2*1-2H3. The molecule has 1 unspecified atom stereocenters. The number of amides is 1. The molecule has 2 spiro atoms. The van der Waals surface area contributed by atoms with Gasteiger partial charge in [0.15, 0.2) is 0 Å². The van der Waals surface area contributed by atoms with Crippen LogP contribution in [0.2, 0.25) is 0 Å². The van der Waals surface area contributed by atoms with Gasteiger partial charge >= 0.3 is 6.09 Å². The maximum atomic E-state index is 11.9. The molecule has 0 radical (unpaired) electrons. The fourth-order valence-corrected chi connectivity index (χ4v) is 6.40. The molecule has 4 heterocycles. The molecule has 0 saturated carbocycles. The Morgan fingerprint density at radius 1 is 0.763 bits per heavy atom. The third-order valence-electron chi connectivity index (χ3n) is 8.08. The second-order valence-electron chi connectivity index (χ2n) is 12.6. The highest BCUT2D eigenvalue weighted by Crippen LogP contribution is 2.40. The van der Waals surface area contributed by atoms with E-state index >= 15 is 0 Å². The molecule has 4 aliphatic rings. The fourth-order valence-electron chi connectivity index (χ4n) is 6.40. The predicted octanol–water partition coefficient (Wildman–Crippen LogP) is 6.22. The number of benzene rings is 1. The zero-order valence-corrected chi connectivity index (χ0v) is 26.2. The lowest BCUT2D eigenvalue weighted by molar-refractivity contribution is -0.0393. The van der Waals surface area contributed by atoms with Crippen LogP contribution in [0.3, 0.4) is 0 Å². The van der Waals surface area contributed by atoms with Gasteiger partial charge in [-0.2, -0.15) is 0 Å². The normalized spacial score (nSPS) is 24.9. The van der Waals surface area contributed by atoms with E-state index in [0.717, 1.165) is 32.5 Å². The minimum absolute atomic E-state index is 0.153. The molecule has 1 aromatic rings. The summed E-state index contributed by atoms with van der Waals surface area (Å²) in [4.78, 5) is 21.2. The molecule has 1 aromatic carbocycles. The summed E-state index contributed by atoms with van der Waals surface area (Å²) in [5.74, 6) is 0. The molecule has 1 atom stereocenters. The van der Waals surface area contributed by atoms with Crippen molar-refractivity contribution >= 4 is 6.09 Å². The van der Waals surface area contributed by atoms with Crippen molar-refractivity contribution in [2.75, 3.05) is 66.5 Å². The van der Waals surface area contributed by atoms with Crippen molar-refractivity contribution in [1.29, 1.82) is 0 Å². The molecule has 0 aliphatic carbocycles. The van der Waals surface area contributed by atoms with Crippen LogP contribution >= 0.6 is 0 Å². The quantitative estimate of drug-likeness (QED) is 0.454. The minimum Gasteiger partial charge on any atom is -0.444 e. The van der Waals surface area contributed by atoms with E-state index in [9.17, 15) is 4.79 Å². The largest absolute Gasteiger partial charge is 0.444 e. The second-order valence-corrected chi connectivity index (χ2v) is 12.6. The van der Waals surface area contributed by atoms with Crippen LogP contribution in [0.4, 0.5) is 4.79 Å². The SMILES string of the molecule is CC.CC.CN1CC2(CCN(C(=O)OC(C)(C)C)CC2)C1.CN1CCC2(CCN(Cc3ccccc3)C2)C1. The molecule has 4 aliphatic heterocycles. The Morgan fingerprint density at radius 2 is 1.26 bits per heavy atom. The van der Waals surface area contributed by atoms with E-state index in [-0.39, 0.29) is 11.7 Å². The smallest absolute Gasteiger partial charge is 0.410 e. The Hall–Kier alpha value is -1.63. The van der Waals surface area contributed by atoms with E-state index in [0.29, 0.717) is 10.8 Å².